The minimum absolute atomic E-state index is 0.0921. The minimum Gasteiger partial charge on any atom is -0.497 e. The van der Waals surface area contributed by atoms with Gasteiger partial charge in [-0.2, -0.15) is 0 Å². The van der Waals surface area contributed by atoms with Crippen molar-refractivity contribution in [2.45, 2.75) is 18.8 Å². The lowest BCUT2D eigenvalue weighted by Crippen LogP contribution is -2.24. The molecule has 1 amide bonds. The van der Waals surface area contributed by atoms with E-state index in [1.54, 1.807) is 7.11 Å². The number of nitrogens with one attached hydrogen (secondary N) is 1. The molecule has 3 rings (SSSR count). The molecule has 1 fully saturated rings. The van der Waals surface area contributed by atoms with E-state index >= 15 is 0 Å². The van der Waals surface area contributed by atoms with Crippen LogP contribution in [0.2, 0.25) is 0 Å². The Morgan fingerprint density at radius 3 is 2.58 bits per heavy atom. The van der Waals surface area contributed by atoms with Crippen molar-refractivity contribution in [3.8, 4) is 5.75 Å². The number of amides is 1. The molecule has 1 heterocycles. The number of benzene rings is 2. The summed E-state index contributed by atoms with van der Waals surface area (Å²) in [6, 6.07) is 12.4. The van der Waals surface area contributed by atoms with E-state index in [1.807, 2.05) is 12.1 Å². The molecule has 0 radical (unpaired) electrons. The maximum atomic E-state index is 11.5. The first-order valence-corrected chi connectivity index (χ1v) is 6.46. The van der Waals surface area contributed by atoms with Crippen molar-refractivity contribution < 1.29 is 9.53 Å². The van der Waals surface area contributed by atoms with Gasteiger partial charge in [0.2, 0.25) is 5.91 Å². The topological polar surface area (TPSA) is 38.3 Å². The zero-order valence-corrected chi connectivity index (χ0v) is 11.2. The molecule has 3 heteroatoms. The number of hydrogen-bond acceptors (Lipinski definition) is 2. The van der Waals surface area contributed by atoms with E-state index in [0.29, 0.717) is 13.0 Å². The number of fused-ring (bicyclic) bond motifs is 1. The van der Waals surface area contributed by atoms with Crippen LogP contribution in [0.15, 0.2) is 36.4 Å². The predicted octanol–water partition coefficient (Wildman–Crippen LogP) is 2.63. The molecule has 2 aromatic rings. The van der Waals surface area contributed by atoms with Gasteiger partial charge in [0.25, 0.3) is 0 Å². The van der Waals surface area contributed by atoms with Gasteiger partial charge in [-0.3, -0.25) is 4.79 Å². The highest BCUT2D eigenvalue weighted by Crippen LogP contribution is 2.33. The molecule has 0 aliphatic carbocycles. The zero-order chi connectivity index (χ0) is 13.5. The van der Waals surface area contributed by atoms with E-state index in [9.17, 15) is 4.79 Å². The minimum atomic E-state index is -0.0921. The summed E-state index contributed by atoms with van der Waals surface area (Å²) in [5, 5.41) is 5.25. The van der Waals surface area contributed by atoms with E-state index in [1.165, 1.54) is 10.9 Å². The Morgan fingerprint density at radius 1 is 1.16 bits per heavy atom. The van der Waals surface area contributed by atoms with Gasteiger partial charge in [-0.05, 0) is 28.5 Å². The Bertz CT molecular complexity index is 650. The van der Waals surface area contributed by atoms with Gasteiger partial charge in [0.15, 0.2) is 0 Å². The molecular weight excluding hydrogens is 238 g/mol. The maximum Gasteiger partial charge on any atom is 0.220 e. The summed E-state index contributed by atoms with van der Waals surface area (Å²) in [6.07, 6.45) is 0.564. The molecule has 0 bridgehead atoms. The molecule has 1 atom stereocenters. The molecule has 3 nitrogen and oxygen atoms in total. The van der Waals surface area contributed by atoms with Crippen molar-refractivity contribution in [2.24, 2.45) is 0 Å². The fourth-order valence-electron chi connectivity index (χ4n) is 2.70. The highest BCUT2D eigenvalue weighted by atomic mass is 16.5. The SMILES string of the molecule is COc1ccc2cc(C3(C)CNC(=O)C3)ccc2c1. The standard InChI is InChI=1S/C16H17NO2/c1-16(9-15(18)17-10-16)13-5-3-12-8-14(19-2)6-4-11(12)7-13/h3-8H,9-10H2,1-2H3,(H,17,18). The van der Waals surface area contributed by atoms with Crippen LogP contribution >= 0.6 is 0 Å². The summed E-state index contributed by atoms with van der Waals surface area (Å²) < 4.78 is 5.23. The van der Waals surface area contributed by atoms with Crippen molar-refractivity contribution in [3.05, 3.63) is 42.0 Å². The third-order valence-electron chi connectivity index (χ3n) is 3.97. The average molecular weight is 255 g/mol. The third-order valence-corrected chi connectivity index (χ3v) is 3.97. The Hall–Kier alpha value is -2.03. The van der Waals surface area contributed by atoms with E-state index < -0.39 is 0 Å². The van der Waals surface area contributed by atoms with Crippen LogP contribution in [0.4, 0.5) is 0 Å². The van der Waals surface area contributed by atoms with Crippen molar-refractivity contribution >= 4 is 16.7 Å². The Labute approximate surface area is 112 Å². The van der Waals surface area contributed by atoms with Gasteiger partial charge in [0.05, 0.1) is 7.11 Å². The lowest BCUT2D eigenvalue weighted by atomic mass is 9.81. The Morgan fingerprint density at radius 2 is 1.89 bits per heavy atom. The van der Waals surface area contributed by atoms with Crippen LogP contribution in [-0.4, -0.2) is 19.6 Å². The first-order valence-electron chi connectivity index (χ1n) is 6.46. The summed E-state index contributed by atoms with van der Waals surface area (Å²) in [6.45, 7) is 2.85. The molecule has 98 valence electrons. The van der Waals surface area contributed by atoms with Gasteiger partial charge >= 0.3 is 0 Å². The monoisotopic (exact) mass is 255 g/mol. The van der Waals surface area contributed by atoms with Gasteiger partial charge in [-0.15, -0.1) is 0 Å². The first-order chi connectivity index (χ1) is 9.10. The van der Waals surface area contributed by atoms with E-state index in [0.717, 1.165) is 11.1 Å². The lowest BCUT2D eigenvalue weighted by molar-refractivity contribution is -0.119. The van der Waals surface area contributed by atoms with Gasteiger partial charge in [-0.25, -0.2) is 0 Å². The summed E-state index contributed by atoms with van der Waals surface area (Å²) >= 11 is 0. The molecular formula is C16H17NO2. The molecule has 1 saturated heterocycles. The van der Waals surface area contributed by atoms with E-state index in [2.05, 4.69) is 36.5 Å². The second-order valence-electron chi connectivity index (χ2n) is 5.44. The number of carbonyl (C=O) groups is 1. The second kappa shape index (κ2) is 4.26. The number of ether oxygens (including phenoxy) is 1. The van der Waals surface area contributed by atoms with Crippen LogP contribution in [0.25, 0.3) is 10.8 Å². The Kier molecular flexibility index (Phi) is 2.70. The second-order valence-corrected chi connectivity index (χ2v) is 5.44. The molecule has 1 aliphatic heterocycles. The molecule has 19 heavy (non-hydrogen) atoms. The number of methoxy groups -OCH3 is 1. The van der Waals surface area contributed by atoms with E-state index in [-0.39, 0.29) is 11.3 Å². The fraction of sp³-hybridized carbons (Fsp3) is 0.312. The van der Waals surface area contributed by atoms with Crippen molar-refractivity contribution in [3.63, 3.8) is 0 Å². The number of carbonyl (C=O) groups excluding carboxylic acids is 1. The largest absolute Gasteiger partial charge is 0.497 e. The van der Waals surface area contributed by atoms with Crippen LogP contribution in [-0.2, 0) is 10.2 Å². The molecule has 0 saturated carbocycles. The summed E-state index contributed by atoms with van der Waals surface area (Å²) in [5.41, 5.74) is 1.12. The van der Waals surface area contributed by atoms with Crippen LogP contribution in [0.1, 0.15) is 18.9 Å². The molecule has 0 spiro atoms. The van der Waals surface area contributed by atoms with Gasteiger partial charge in [0, 0.05) is 18.4 Å². The summed E-state index contributed by atoms with van der Waals surface area (Å²) in [7, 11) is 1.67. The van der Waals surface area contributed by atoms with E-state index in [4.69, 9.17) is 4.74 Å². The van der Waals surface area contributed by atoms with Crippen LogP contribution in [0.5, 0.6) is 5.75 Å². The summed E-state index contributed by atoms with van der Waals surface area (Å²) in [5.74, 6) is 1.00. The van der Waals surface area contributed by atoms with Crippen molar-refractivity contribution in [1.29, 1.82) is 0 Å². The third kappa shape index (κ3) is 2.05. The zero-order valence-electron chi connectivity index (χ0n) is 11.2. The number of rotatable bonds is 2. The van der Waals surface area contributed by atoms with Gasteiger partial charge in [-0.1, -0.05) is 31.2 Å². The highest BCUT2D eigenvalue weighted by molar-refractivity contribution is 5.86. The van der Waals surface area contributed by atoms with Crippen LogP contribution in [0, 0.1) is 0 Å². The molecule has 1 aliphatic rings. The lowest BCUT2D eigenvalue weighted by Gasteiger charge is -2.22. The van der Waals surface area contributed by atoms with Crippen LogP contribution in [0.3, 0.4) is 0 Å². The van der Waals surface area contributed by atoms with Gasteiger partial charge < -0.3 is 10.1 Å². The maximum absolute atomic E-state index is 11.5. The molecule has 0 aromatic heterocycles. The fourth-order valence-corrected chi connectivity index (χ4v) is 2.70. The molecule has 2 aromatic carbocycles. The van der Waals surface area contributed by atoms with Crippen LogP contribution < -0.4 is 10.1 Å². The summed E-state index contributed by atoms with van der Waals surface area (Å²) in [4.78, 5) is 11.5. The average Bonchev–Trinajstić information content (AvgIpc) is 2.78. The smallest absolute Gasteiger partial charge is 0.220 e. The van der Waals surface area contributed by atoms with Crippen molar-refractivity contribution in [1.82, 2.24) is 5.32 Å². The number of hydrogen-bond donors (Lipinski definition) is 1. The van der Waals surface area contributed by atoms with Gasteiger partial charge in [0.1, 0.15) is 5.75 Å². The van der Waals surface area contributed by atoms with Crippen molar-refractivity contribution in [2.75, 3.05) is 13.7 Å². The first kappa shape index (κ1) is 12.0. The molecule has 1 unspecified atom stereocenters. The predicted molar refractivity (Wildman–Crippen MR) is 75.5 cm³/mol. The normalized spacial score (nSPS) is 22.5. The molecule has 1 N–H and O–H groups in total. The highest BCUT2D eigenvalue weighted by Gasteiger charge is 2.35. The Balaban J connectivity index is 2.05. The quantitative estimate of drug-likeness (QED) is 0.895.